The van der Waals surface area contributed by atoms with E-state index in [0.29, 0.717) is 6.54 Å². The third-order valence-corrected chi connectivity index (χ3v) is 3.48. The highest BCUT2D eigenvalue weighted by molar-refractivity contribution is 5.81. The van der Waals surface area contributed by atoms with E-state index in [2.05, 4.69) is 5.10 Å². The number of aromatic nitrogens is 2. The van der Waals surface area contributed by atoms with Crippen LogP contribution in [0.1, 0.15) is 24.4 Å². The summed E-state index contributed by atoms with van der Waals surface area (Å²) in [5.74, 6) is -0.0320. The lowest BCUT2D eigenvalue weighted by atomic mass is 10.0. The van der Waals surface area contributed by atoms with Crippen molar-refractivity contribution < 1.29 is 9.53 Å². The van der Waals surface area contributed by atoms with Gasteiger partial charge in [-0.2, -0.15) is 5.10 Å². The lowest BCUT2D eigenvalue weighted by molar-refractivity contribution is -0.135. The minimum atomic E-state index is -0.567. The Balaban J connectivity index is 1.99. The molecule has 1 amide bonds. The molecular formula is C13H22N4O2. The zero-order valence-electron chi connectivity index (χ0n) is 11.6. The Morgan fingerprint density at radius 2 is 2.47 bits per heavy atom. The Bertz CT molecular complexity index is 432. The van der Waals surface area contributed by atoms with Crippen molar-refractivity contribution in [1.29, 1.82) is 0 Å². The van der Waals surface area contributed by atoms with Crippen LogP contribution in [-0.2, 0) is 9.53 Å². The number of piperidine rings is 1. The molecule has 2 unspecified atom stereocenters. The smallest absolute Gasteiger partial charge is 0.241 e. The van der Waals surface area contributed by atoms with Gasteiger partial charge in [0.05, 0.1) is 18.8 Å². The van der Waals surface area contributed by atoms with E-state index in [1.807, 2.05) is 28.9 Å². The van der Waals surface area contributed by atoms with E-state index in [1.54, 1.807) is 7.11 Å². The molecule has 0 radical (unpaired) electrons. The van der Waals surface area contributed by atoms with Crippen LogP contribution in [0.4, 0.5) is 0 Å². The third kappa shape index (κ3) is 3.33. The number of nitrogens with zero attached hydrogens (tertiary/aromatic N) is 3. The summed E-state index contributed by atoms with van der Waals surface area (Å²) < 4.78 is 6.90. The van der Waals surface area contributed by atoms with Crippen LogP contribution in [0.5, 0.6) is 0 Å². The monoisotopic (exact) mass is 266 g/mol. The normalized spacial score (nSPS) is 21.4. The fraction of sp³-hybridized carbons (Fsp3) is 0.692. The molecular weight excluding hydrogens is 244 g/mol. The highest BCUT2D eigenvalue weighted by Crippen LogP contribution is 2.21. The Hall–Kier alpha value is -1.40. The lowest BCUT2D eigenvalue weighted by Crippen LogP contribution is -2.50. The first-order valence-electron chi connectivity index (χ1n) is 6.66. The third-order valence-electron chi connectivity index (χ3n) is 3.48. The van der Waals surface area contributed by atoms with Crippen LogP contribution >= 0.6 is 0 Å². The number of hydrogen-bond acceptors (Lipinski definition) is 4. The molecule has 2 rings (SSSR count). The van der Waals surface area contributed by atoms with Crippen LogP contribution in [0.2, 0.25) is 0 Å². The molecule has 2 heterocycles. The molecule has 106 valence electrons. The van der Waals surface area contributed by atoms with Gasteiger partial charge in [0.25, 0.3) is 0 Å². The van der Waals surface area contributed by atoms with Crippen molar-refractivity contribution in [3.05, 3.63) is 18.0 Å². The van der Waals surface area contributed by atoms with Gasteiger partial charge < -0.3 is 15.4 Å². The zero-order chi connectivity index (χ0) is 13.8. The molecule has 2 N–H and O–H groups in total. The summed E-state index contributed by atoms with van der Waals surface area (Å²) in [6.07, 6.45) is 5.89. The largest absolute Gasteiger partial charge is 0.383 e. The summed E-state index contributed by atoms with van der Waals surface area (Å²) >= 11 is 0. The molecule has 1 aliphatic rings. The van der Waals surface area contributed by atoms with Crippen molar-refractivity contribution >= 4 is 5.91 Å². The van der Waals surface area contributed by atoms with Crippen LogP contribution < -0.4 is 5.73 Å². The first-order valence-corrected chi connectivity index (χ1v) is 6.66. The maximum absolute atomic E-state index is 12.2. The van der Waals surface area contributed by atoms with Gasteiger partial charge in [0.2, 0.25) is 5.91 Å². The van der Waals surface area contributed by atoms with Crippen molar-refractivity contribution in [1.82, 2.24) is 14.7 Å². The first kappa shape index (κ1) is 14.0. The van der Waals surface area contributed by atoms with E-state index in [-0.39, 0.29) is 18.6 Å². The summed E-state index contributed by atoms with van der Waals surface area (Å²) in [5, 5.41) is 4.34. The second-order valence-electron chi connectivity index (χ2n) is 5.14. The van der Waals surface area contributed by atoms with Crippen molar-refractivity contribution in [3.8, 4) is 0 Å². The lowest BCUT2D eigenvalue weighted by Gasteiger charge is -2.34. The van der Waals surface area contributed by atoms with Gasteiger partial charge in [-0.05, 0) is 25.3 Å². The van der Waals surface area contributed by atoms with Gasteiger partial charge >= 0.3 is 0 Å². The number of rotatable bonds is 4. The fourth-order valence-corrected chi connectivity index (χ4v) is 2.49. The van der Waals surface area contributed by atoms with Crippen molar-refractivity contribution in [3.63, 3.8) is 0 Å². The molecule has 19 heavy (non-hydrogen) atoms. The molecule has 0 aliphatic carbocycles. The Morgan fingerprint density at radius 1 is 1.68 bits per heavy atom. The average molecular weight is 266 g/mol. The van der Waals surface area contributed by atoms with Crippen LogP contribution in [0.25, 0.3) is 0 Å². The predicted octanol–water partition coefficient (Wildman–Crippen LogP) is 0.329. The van der Waals surface area contributed by atoms with Crippen LogP contribution in [0, 0.1) is 6.92 Å². The summed E-state index contributed by atoms with van der Waals surface area (Å²) in [4.78, 5) is 14.0. The minimum Gasteiger partial charge on any atom is -0.383 e. The van der Waals surface area contributed by atoms with Gasteiger partial charge in [-0.15, -0.1) is 0 Å². The van der Waals surface area contributed by atoms with Gasteiger partial charge in [-0.25, -0.2) is 0 Å². The zero-order valence-corrected chi connectivity index (χ0v) is 11.6. The fourth-order valence-electron chi connectivity index (χ4n) is 2.49. The number of hydrogen-bond donors (Lipinski definition) is 1. The Labute approximate surface area is 113 Å². The Kier molecular flexibility index (Phi) is 4.55. The summed E-state index contributed by atoms with van der Waals surface area (Å²) in [6.45, 7) is 3.73. The van der Waals surface area contributed by atoms with Gasteiger partial charge in [0, 0.05) is 26.4 Å². The molecule has 1 fully saturated rings. The van der Waals surface area contributed by atoms with Gasteiger partial charge in [0.1, 0.15) is 6.04 Å². The number of likely N-dealkylation sites (tertiary alicyclic amines) is 1. The van der Waals surface area contributed by atoms with Crippen molar-refractivity contribution in [2.75, 3.05) is 26.8 Å². The van der Waals surface area contributed by atoms with E-state index in [1.165, 1.54) is 0 Å². The maximum Gasteiger partial charge on any atom is 0.241 e. The number of methoxy groups -OCH3 is 1. The van der Waals surface area contributed by atoms with Crippen LogP contribution in [0.15, 0.2) is 12.4 Å². The number of nitrogens with two attached hydrogens (primary N) is 1. The average Bonchev–Trinajstić information content (AvgIpc) is 2.85. The summed E-state index contributed by atoms with van der Waals surface area (Å²) in [6, 6.07) is -0.316. The van der Waals surface area contributed by atoms with E-state index in [9.17, 15) is 4.79 Å². The van der Waals surface area contributed by atoms with Gasteiger partial charge in [-0.3, -0.25) is 9.48 Å². The van der Waals surface area contributed by atoms with Crippen molar-refractivity contribution in [2.45, 2.75) is 31.8 Å². The van der Waals surface area contributed by atoms with Gasteiger partial charge in [0.15, 0.2) is 0 Å². The number of carbonyl (C=O) groups excluding carboxylic acids is 1. The quantitative estimate of drug-likeness (QED) is 0.852. The molecule has 6 heteroatoms. The van der Waals surface area contributed by atoms with E-state index in [0.717, 1.165) is 24.9 Å². The maximum atomic E-state index is 12.2. The van der Waals surface area contributed by atoms with Crippen LogP contribution in [0.3, 0.4) is 0 Å². The molecule has 1 aromatic rings. The highest BCUT2D eigenvalue weighted by Gasteiger charge is 2.28. The van der Waals surface area contributed by atoms with E-state index in [4.69, 9.17) is 10.5 Å². The molecule has 0 aromatic carbocycles. The van der Waals surface area contributed by atoms with E-state index >= 15 is 0 Å². The van der Waals surface area contributed by atoms with Crippen LogP contribution in [-0.4, -0.2) is 53.4 Å². The first-order chi connectivity index (χ1) is 9.11. The second-order valence-corrected chi connectivity index (χ2v) is 5.14. The molecule has 1 saturated heterocycles. The molecule has 0 saturated carbocycles. The molecule has 1 aliphatic heterocycles. The molecule has 2 atom stereocenters. The molecule has 1 aromatic heterocycles. The molecule has 0 bridgehead atoms. The minimum absolute atomic E-state index is 0.0320. The molecule has 6 nitrogen and oxygen atoms in total. The SMILES string of the molecule is COCC(N)C(=O)N1CCCC(n2cc(C)cn2)C1. The number of carbonyl (C=O) groups is 1. The van der Waals surface area contributed by atoms with E-state index < -0.39 is 6.04 Å². The van der Waals surface area contributed by atoms with Gasteiger partial charge in [-0.1, -0.05) is 0 Å². The number of amides is 1. The standard InChI is InChI=1S/C13H22N4O2/c1-10-6-15-17(7-10)11-4-3-5-16(8-11)13(18)12(14)9-19-2/h6-7,11-12H,3-5,8-9,14H2,1-2H3. The van der Waals surface area contributed by atoms with Crippen molar-refractivity contribution in [2.24, 2.45) is 5.73 Å². The second kappa shape index (κ2) is 6.16. The topological polar surface area (TPSA) is 73.4 Å². The summed E-state index contributed by atoms with van der Waals surface area (Å²) in [7, 11) is 1.55. The molecule has 0 spiro atoms. The number of aryl methyl sites for hydroxylation is 1. The number of ether oxygens (including phenoxy) is 1. The predicted molar refractivity (Wildman–Crippen MR) is 71.7 cm³/mol. The summed E-state index contributed by atoms with van der Waals surface area (Å²) in [5.41, 5.74) is 6.95. The highest BCUT2D eigenvalue weighted by atomic mass is 16.5. The Morgan fingerprint density at radius 3 is 3.11 bits per heavy atom.